The Kier molecular flexibility index (Phi) is 5.11. The second-order valence-electron chi connectivity index (χ2n) is 9.21. The van der Waals surface area contributed by atoms with Gasteiger partial charge in [-0.3, -0.25) is 9.88 Å². The van der Waals surface area contributed by atoms with Crippen molar-refractivity contribution in [2.24, 2.45) is 0 Å². The Hall–Kier alpha value is -2.50. The molecule has 2 aliphatic rings. The molecule has 0 bridgehead atoms. The number of thiophene rings is 1. The highest BCUT2D eigenvalue weighted by Crippen LogP contribution is 2.47. The Morgan fingerprint density at radius 3 is 2.56 bits per heavy atom. The van der Waals surface area contributed by atoms with Crippen LogP contribution in [0.25, 0.3) is 21.0 Å². The Labute approximate surface area is 192 Å². The van der Waals surface area contributed by atoms with E-state index >= 15 is 0 Å². The highest BCUT2D eigenvalue weighted by atomic mass is 32.1. The van der Waals surface area contributed by atoms with Gasteiger partial charge in [0, 0.05) is 48.0 Å². The lowest BCUT2D eigenvalue weighted by Crippen LogP contribution is -2.56. The van der Waals surface area contributed by atoms with Gasteiger partial charge in [-0.05, 0) is 53.4 Å². The van der Waals surface area contributed by atoms with Gasteiger partial charge in [-0.15, -0.1) is 11.3 Å². The molecule has 2 aromatic carbocycles. The maximum absolute atomic E-state index is 14.4. The molecule has 0 unspecified atom stereocenters. The first kappa shape index (κ1) is 20.1. The fourth-order valence-electron chi connectivity index (χ4n) is 5.98. The largest absolute Gasteiger partial charge is 0.367 e. The molecule has 3 heterocycles. The minimum absolute atomic E-state index is 0.131. The van der Waals surface area contributed by atoms with E-state index in [4.69, 9.17) is 0 Å². The molecular formula is C27H28FN3S. The van der Waals surface area contributed by atoms with Crippen molar-refractivity contribution in [1.29, 1.82) is 0 Å². The highest BCUT2D eigenvalue weighted by molar-refractivity contribution is 7.17. The quantitative estimate of drug-likeness (QED) is 0.355. The van der Waals surface area contributed by atoms with Gasteiger partial charge in [0.25, 0.3) is 0 Å². The Morgan fingerprint density at radius 1 is 0.906 bits per heavy atom. The van der Waals surface area contributed by atoms with E-state index in [0.717, 1.165) is 42.8 Å². The summed E-state index contributed by atoms with van der Waals surface area (Å²) in [5, 5.41) is 4.73. The number of nitrogens with zero attached hydrogens (tertiary/aromatic N) is 3. The van der Waals surface area contributed by atoms with Gasteiger partial charge in [0.2, 0.25) is 0 Å². The summed E-state index contributed by atoms with van der Waals surface area (Å²) >= 11 is 1.88. The number of benzene rings is 2. The van der Waals surface area contributed by atoms with E-state index in [1.165, 1.54) is 47.8 Å². The number of fused-ring (bicyclic) bond motifs is 2. The molecule has 2 fully saturated rings. The van der Waals surface area contributed by atoms with Crippen molar-refractivity contribution in [2.75, 3.05) is 31.1 Å². The van der Waals surface area contributed by atoms with E-state index in [1.54, 1.807) is 18.3 Å². The molecule has 2 aromatic heterocycles. The van der Waals surface area contributed by atoms with Gasteiger partial charge in [0.05, 0.1) is 11.2 Å². The van der Waals surface area contributed by atoms with Crippen molar-refractivity contribution >= 4 is 38.0 Å². The van der Waals surface area contributed by atoms with Crippen LogP contribution in [0.4, 0.5) is 10.1 Å². The van der Waals surface area contributed by atoms with Crippen LogP contribution in [0.3, 0.4) is 0 Å². The first-order chi connectivity index (χ1) is 15.7. The molecule has 0 spiro atoms. The van der Waals surface area contributed by atoms with Gasteiger partial charge in [-0.1, -0.05) is 43.5 Å². The van der Waals surface area contributed by atoms with Crippen LogP contribution in [-0.4, -0.2) is 36.1 Å². The first-order valence-electron chi connectivity index (χ1n) is 11.8. The van der Waals surface area contributed by atoms with Crippen molar-refractivity contribution in [3.05, 3.63) is 71.5 Å². The Balaban J connectivity index is 1.32. The second-order valence-corrected chi connectivity index (χ2v) is 10.1. The molecule has 0 radical (unpaired) electrons. The molecule has 1 saturated heterocycles. The number of hydrogen-bond donors (Lipinski definition) is 0. The van der Waals surface area contributed by atoms with Crippen LogP contribution in [0.1, 0.15) is 37.7 Å². The molecule has 1 aliphatic carbocycles. The van der Waals surface area contributed by atoms with E-state index in [9.17, 15) is 4.39 Å². The van der Waals surface area contributed by atoms with Crippen LogP contribution in [0.15, 0.2) is 60.1 Å². The fraction of sp³-hybridized carbons (Fsp3) is 0.370. The maximum atomic E-state index is 14.4. The Morgan fingerprint density at radius 2 is 1.72 bits per heavy atom. The molecule has 5 heteroatoms. The number of rotatable bonds is 3. The normalized spacial score (nSPS) is 19.6. The highest BCUT2D eigenvalue weighted by Gasteiger charge is 2.42. The molecule has 0 amide bonds. The molecule has 0 N–H and O–H groups in total. The summed E-state index contributed by atoms with van der Waals surface area (Å²) in [5.74, 6) is -0.184. The fourth-order valence-corrected chi connectivity index (χ4v) is 7.04. The third-order valence-electron chi connectivity index (χ3n) is 7.54. The van der Waals surface area contributed by atoms with Crippen molar-refractivity contribution in [3.8, 4) is 0 Å². The lowest BCUT2D eigenvalue weighted by atomic mass is 9.75. The van der Waals surface area contributed by atoms with Gasteiger partial charge in [0.15, 0.2) is 0 Å². The summed E-state index contributed by atoms with van der Waals surface area (Å²) in [5.41, 5.74) is 3.49. The standard InChI is InChI=1S/C27H28FN3S/c28-21-17-20-7-6-12-29-26(20)24(18-21)30-13-15-31(16-14-30)27(10-4-1-5-11-27)23-19-32-25-9-3-2-8-22(23)25/h2-3,6-9,12,17-19H,1,4-5,10-11,13-16H2. The average Bonchev–Trinajstić information content (AvgIpc) is 3.29. The monoisotopic (exact) mass is 445 g/mol. The SMILES string of the molecule is Fc1cc(N2CCN(C3(c4csc5ccccc45)CCCCC3)CC2)c2ncccc2c1. The minimum atomic E-state index is -0.184. The third kappa shape index (κ3) is 3.30. The van der Waals surface area contributed by atoms with Gasteiger partial charge < -0.3 is 4.90 Å². The second kappa shape index (κ2) is 8.13. The van der Waals surface area contributed by atoms with Crippen LogP contribution in [-0.2, 0) is 5.54 Å². The Bertz CT molecular complexity index is 1250. The zero-order chi connectivity index (χ0) is 21.5. The molecule has 1 saturated carbocycles. The summed E-state index contributed by atoms with van der Waals surface area (Å²) in [7, 11) is 0. The summed E-state index contributed by atoms with van der Waals surface area (Å²) < 4.78 is 15.7. The number of anilines is 1. The smallest absolute Gasteiger partial charge is 0.126 e. The van der Waals surface area contributed by atoms with Gasteiger partial charge in [-0.2, -0.15) is 0 Å². The number of aromatic nitrogens is 1. The predicted octanol–water partition coefficient (Wildman–Crippen LogP) is 6.57. The molecule has 32 heavy (non-hydrogen) atoms. The third-order valence-corrected chi connectivity index (χ3v) is 8.50. The zero-order valence-electron chi connectivity index (χ0n) is 18.3. The van der Waals surface area contributed by atoms with E-state index in [-0.39, 0.29) is 11.4 Å². The molecular weight excluding hydrogens is 417 g/mol. The number of hydrogen-bond acceptors (Lipinski definition) is 4. The van der Waals surface area contributed by atoms with E-state index in [0.29, 0.717) is 0 Å². The van der Waals surface area contributed by atoms with Crippen molar-refractivity contribution < 1.29 is 4.39 Å². The molecule has 4 aromatic rings. The van der Waals surface area contributed by atoms with E-state index in [2.05, 4.69) is 44.4 Å². The molecule has 3 nitrogen and oxygen atoms in total. The van der Waals surface area contributed by atoms with Crippen LogP contribution in [0, 0.1) is 5.82 Å². The molecule has 6 rings (SSSR count). The van der Waals surface area contributed by atoms with Crippen LogP contribution in [0.2, 0.25) is 0 Å². The van der Waals surface area contributed by atoms with Crippen LogP contribution in [0.5, 0.6) is 0 Å². The minimum Gasteiger partial charge on any atom is -0.367 e. The predicted molar refractivity (Wildman–Crippen MR) is 132 cm³/mol. The van der Waals surface area contributed by atoms with Crippen LogP contribution >= 0.6 is 11.3 Å². The zero-order valence-corrected chi connectivity index (χ0v) is 19.1. The van der Waals surface area contributed by atoms with Crippen molar-refractivity contribution in [2.45, 2.75) is 37.6 Å². The van der Waals surface area contributed by atoms with Gasteiger partial charge >= 0.3 is 0 Å². The summed E-state index contributed by atoms with van der Waals surface area (Å²) in [6.07, 6.45) is 8.20. The van der Waals surface area contributed by atoms with Gasteiger partial charge in [-0.25, -0.2) is 4.39 Å². The number of pyridine rings is 1. The molecule has 164 valence electrons. The maximum Gasteiger partial charge on any atom is 0.126 e. The van der Waals surface area contributed by atoms with E-state index < -0.39 is 0 Å². The molecule has 0 atom stereocenters. The topological polar surface area (TPSA) is 19.4 Å². The number of halogens is 1. The summed E-state index contributed by atoms with van der Waals surface area (Å²) in [6.45, 7) is 3.79. The first-order valence-corrected chi connectivity index (χ1v) is 12.6. The summed E-state index contributed by atoms with van der Waals surface area (Å²) in [4.78, 5) is 9.65. The lowest BCUT2D eigenvalue weighted by Gasteiger charge is -2.50. The van der Waals surface area contributed by atoms with Gasteiger partial charge in [0.1, 0.15) is 5.82 Å². The lowest BCUT2D eigenvalue weighted by molar-refractivity contribution is 0.0432. The summed E-state index contributed by atoms with van der Waals surface area (Å²) in [6, 6.07) is 15.9. The van der Waals surface area contributed by atoms with Crippen LogP contribution < -0.4 is 4.90 Å². The molecule has 1 aliphatic heterocycles. The average molecular weight is 446 g/mol. The van der Waals surface area contributed by atoms with Crippen molar-refractivity contribution in [3.63, 3.8) is 0 Å². The van der Waals surface area contributed by atoms with Crippen molar-refractivity contribution in [1.82, 2.24) is 9.88 Å². The number of piperazine rings is 1. The van der Waals surface area contributed by atoms with E-state index in [1.807, 2.05) is 23.5 Å².